The lowest BCUT2D eigenvalue weighted by Gasteiger charge is -2.27. The summed E-state index contributed by atoms with van der Waals surface area (Å²) in [5, 5.41) is 2.94. The van der Waals surface area contributed by atoms with Crippen LogP contribution in [-0.2, 0) is 28.7 Å². The smallest absolute Gasteiger partial charge is 0.414 e. The highest BCUT2D eigenvalue weighted by Crippen LogP contribution is 2.30. The molecule has 2 atom stereocenters. The Balaban J connectivity index is 1.38. The van der Waals surface area contributed by atoms with E-state index in [1.807, 2.05) is 0 Å². The largest absolute Gasteiger partial charge is 0.442 e. The van der Waals surface area contributed by atoms with Crippen LogP contribution in [0.25, 0.3) is 0 Å². The van der Waals surface area contributed by atoms with Crippen LogP contribution < -0.4 is 26.6 Å². The molecular formula is C29H34ClFN6O8S. The molecule has 2 aliphatic heterocycles. The van der Waals surface area contributed by atoms with E-state index in [-0.39, 0.29) is 62.0 Å². The first-order valence-corrected chi connectivity index (χ1v) is 15.7. The molecule has 2 fully saturated rings. The van der Waals surface area contributed by atoms with Crippen molar-refractivity contribution in [3.8, 4) is 0 Å². The first kappa shape index (κ1) is 34.7. The molecule has 46 heavy (non-hydrogen) atoms. The van der Waals surface area contributed by atoms with Crippen LogP contribution in [0.15, 0.2) is 30.3 Å². The average Bonchev–Trinajstić information content (AvgIpc) is 3.61. The fourth-order valence-electron chi connectivity index (χ4n) is 4.99. The SMILES string of the molecule is NC(=O)CC[C@H](NCCCCC(=O)N(C[C@H]1CN(c2ccc(N3CCOCC3=O)cc2F)C(=O)O1)C(=O)c1ccc(Cl)s1)C(N)=O. The molecule has 248 valence electrons. The van der Waals surface area contributed by atoms with Crippen LogP contribution in [0.1, 0.15) is 41.8 Å². The lowest BCUT2D eigenvalue weighted by atomic mass is 10.1. The molecule has 0 radical (unpaired) electrons. The van der Waals surface area contributed by atoms with Crippen LogP contribution in [0.3, 0.4) is 0 Å². The number of morpholine rings is 1. The molecular weight excluding hydrogens is 647 g/mol. The lowest BCUT2D eigenvalue weighted by molar-refractivity contribution is -0.130. The number of halogens is 2. The maximum atomic E-state index is 15.2. The van der Waals surface area contributed by atoms with Gasteiger partial charge in [0.2, 0.25) is 17.7 Å². The van der Waals surface area contributed by atoms with Crippen molar-refractivity contribution in [2.24, 2.45) is 11.5 Å². The summed E-state index contributed by atoms with van der Waals surface area (Å²) in [6, 6.07) is 6.28. The molecule has 0 bridgehead atoms. The van der Waals surface area contributed by atoms with Gasteiger partial charge < -0.3 is 31.2 Å². The third-order valence-electron chi connectivity index (χ3n) is 7.34. The normalized spacial score (nSPS) is 17.1. The fraction of sp³-hybridized carbons (Fsp3) is 0.448. The summed E-state index contributed by atoms with van der Waals surface area (Å²) in [5.74, 6) is -3.42. The van der Waals surface area contributed by atoms with E-state index < -0.39 is 47.7 Å². The van der Waals surface area contributed by atoms with E-state index in [4.69, 9.17) is 32.5 Å². The predicted octanol–water partition coefficient (Wildman–Crippen LogP) is 1.78. The second-order valence-corrected chi connectivity index (χ2v) is 12.3. The van der Waals surface area contributed by atoms with Crippen LogP contribution in [0, 0.1) is 5.82 Å². The lowest BCUT2D eigenvalue weighted by Crippen LogP contribution is -2.43. The number of anilines is 2. The van der Waals surface area contributed by atoms with E-state index in [9.17, 15) is 28.8 Å². The maximum absolute atomic E-state index is 15.2. The number of cyclic esters (lactones) is 1. The van der Waals surface area contributed by atoms with Crippen LogP contribution in [-0.4, -0.2) is 92.1 Å². The first-order chi connectivity index (χ1) is 21.9. The average molecular weight is 681 g/mol. The van der Waals surface area contributed by atoms with Gasteiger partial charge in [-0.1, -0.05) is 11.6 Å². The zero-order valence-corrected chi connectivity index (χ0v) is 26.3. The number of hydrogen-bond donors (Lipinski definition) is 3. The van der Waals surface area contributed by atoms with E-state index in [1.165, 1.54) is 29.2 Å². The minimum absolute atomic E-state index is 0.0144. The van der Waals surface area contributed by atoms with E-state index in [2.05, 4.69) is 5.32 Å². The molecule has 6 amide bonds. The number of hydrogen-bond acceptors (Lipinski definition) is 10. The second kappa shape index (κ2) is 15.9. The topological polar surface area (TPSA) is 195 Å². The number of nitrogens with zero attached hydrogens (tertiary/aromatic N) is 3. The van der Waals surface area contributed by atoms with Gasteiger partial charge in [-0.25, -0.2) is 9.18 Å². The number of amides is 6. The number of thiophene rings is 1. The molecule has 14 nitrogen and oxygen atoms in total. The highest BCUT2D eigenvalue weighted by Gasteiger charge is 2.38. The molecule has 2 aliphatic rings. The van der Waals surface area contributed by atoms with Gasteiger partial charge in [0.1, 0.15) is 18.5 Å². The van der Waals surface area contributed by atoms with Crippen molar-refractivity contribution < 1.29 is 42.6 Å². The Bertz CT molecular complexity index is 1490. The molecule has 0 aliphatic carbocycles. The van der Waals surface area contributed by atoms with Gasteiger partial charge in [-0.2, -0.15) is 0 Å². The van der Waals surface area contributed by atoms with Gasteiger partial charge in [-0.05, 0) is 56.1 Å². The maximum Gasteiger partial charge on any atom is 0.414 e. The van der Waals surface area contributed by atoms with Gasteiger partial charge >= 0.3 is 6.09 Å². The van der Waals surface area contributed by atoms with Crippen LogP contribution in [0.5, 0.6) is 0 Å². The second-order valence-electron chi connectivity index (χ2n) is 10.6. The molecule has 0 unspecified atom stereocenters. The van der Waals surface area contributed by atoms with Crippen molar-refractivity contribution in [1.82, 2.24) is 10.2 Å². The van der Waals surface area contributed by atoms with Crippen molar-refractivity contribution in [3.63, 3.8) is 0 Å². The van der Waals surface area contributed by atoms with E-state index in [1.54, 1.807) is 0 Å². The minimum atomic E-state index is -0.959. The zero-order chi connectivity index (χ0) is 33.4. The Morgan fingerprint density at radius 2 is 1.89 bits per heavy atom. The van der Waals surface area contributed by atoms with Gasteiger partial charge in [0.15, 0.2) is 0 Å². The Hall–Kier alpha value is -4.12. The van der Waals surface area contributed by atoms with Gasteiger partial charge in [-0.3, -0.25) is 33.8 Å². The van der Waals surface area contributed by atoms with Crippen molar-refractivity contribution in [2.45, 2.75) is 44.2 Å². The Labute approximate surface area is 272 Å². The number of ether oxygens (including phenoxy) is 2. The van der Waals surface area contributed by atoms with Crippen LogP contribution >= 0.6 is 22.9 Å². The Morgan fingerprint density at radius 3 is 2.54 bits per heavy atom. The minimum Gasteiger partial charge on any atom is -0.442 e. The highest BCUT2D eigenvalue weighted by molar-refractivity contribution is 7.18. The quantitative estimate of drug-likeness (QED) is 0.235. The Kier molecular flexibility index (Phi) is 12.0. The van der Waals surface area contributed by atoms with Crippen molar-refractivity contribution in [1.29, 1.82) is 0 Å². The zero-order valence-electron chi connectivity index (χ0n) is 24.7. The number of carbonyl (C=O) groups is 6. The Morgan fingerprint density at radius 1 is 1.11 bits per heavy atom. The van der Waals surface area contributed by atoms with Crippen molar-refractivity contribution in [2.75, 3.05) is 49.2 Å². The summed E-state index contributed by atoms with van der Waals surface area (Å²) < 4.78 is 26.1. The number of benzene rings is 1. The highest BCUT2D eigenvalue weighted by atomic mass is 35.5. The van der Waals surface area contributed by atoms with Gasteiger partial charge in [0, 0.05) is 25.1 Å². The van der Waals surface area contributed by atoms with Gasteiger partial charge in [0.25, 0.3) is 11.8 Å². The summed E-state index contributed by atoms with van der Waals surface area (Å²) >= 11 is 7.00. The number of rotatable bonds is 15. The molecule has 3 heterocycles. The number of imide groups is 1. The monoisotopic (exact) mass is 680 g/mol. The number of unbranched alkanes of at least 4 members (excludes halogenated alkanes) is 1. The summed E-state index contributed by atoms with van der Waals surface area (Å²) in [6.07, 6.45) is -0.954. The van der Waals surface area contributed by atoms with E-state index >= 15 is 4.39 Å². The van der Waals surface area contributed by atoms with Crippen molar-refractivity contribution in [3.05, 3.63) is 45.4 Å². The van der Waals surface area contributed by atoms with E-state index in [0.717, 1.165) is 27.2 Å². The molecule has 0 saturated carbocycles. The third kappa shape index (κ3) is 8.99. The first-order valence-electron chi connectivity index (χ1n) is 14.5. The number of carbonyl (C=O) groups excluding carboxylic acids is 6. The fourth-order valence-corrected chi connectivity index (χ4v) is 5.99. The molecule has 0 spiro atoms. The summed E-state index contributed by atoms with van der Waals surface area (Å²) in [4.78, 5) is 77.9. The van der Waals surface area contributed by atoms with E-state index in [0.29, 0.717) is 36.0 Å². The van der Waals surface area contributed by atoms with Crippen molar-refractivity contribution >= 4 is 69.9 Å². The summed E-state index contributed by atoms with van der Waals surface area (Å²) in [7, 11) is 0. The summed E-state index contributed by atoms with van der Waals surface area (Å²) in [6.45, 7) is 0.351. The van der Waals surface area contributed by atoms with Gasteiger partial charge in [-0.15, -0.1) is 11.3 Å². The molecule has 2 aromatic rings. The molecule has 17 heteroatoms. The summed E-state index contributed by atoms with van der Waals surface area (Å²) in [5.41, 5.74) is 10.7. The number of nitrogens with two attached hydrogens (primary N) is 2. The molecule has 1 aromatic carbocycles. The number of nitrogens with one attached hydrogen (secondary N) is 1. The molecule has 5 N–H and O–H groups in total. The number of primary amides is 2. The molecule has 1 aromatic heterocycles. The predicted molar refractivity (Wildman–Crippen MR) is 166 cm³/mol. The molecule has 2 saturated heterocycles. The van der Waals surface area contributed by atoms with Gasteiger partial charge in [0.05, 0.1) is 40.6 Å². The van der Waals surface area contributed by atoms with Crippen LogP contribution in [0.2, 0.25) is 4.34 Å². The molecule has 4 rings (SSSR count). The van der Waals surface area contributed by atoms with Crippen LogP contribution in [0.4, 0.5) is 20.6 Å². The standard InChI is InChI=1S/C29H34ClFN6O8S/c30-23-8-7-22(46-23)28(42)37(25(39)3-1-2-10-34-20(27(33)41)5-9-24(32)38)15-18-14-36(29(43)45-18)21-6-4-17(13-19(21)31)35-11-12-44-16-26(35)40/h4,6-8,13,18,20,34H,1-3,5,9-12,14-16H2,(H2,32,38)(H2,33,41)/t18-,20+/m1/s1. The third-order valence-corrected chi connectivity index (χ3v) is 8.56.